The van der Waals surface area contributed by atoms with Crippen molar-refractivity contribution < 1.29 is 9.53 Å². The van der Waals surface area contributed by atoms with Gasteiger partial charge in [-0.25, -0.2) is 9.97 Å². The normalized spacial score (nSPS) is 14.4. The number of rotatable bonds is 4. The third-order valence-electron chi connectivity index (χ3n) is 3.20. The summed E-state index contributed by atoms with van der Waals surface area (Å²) in [6, 6.07) is 1.61. The van der Waals surface area contributed by atoms with E-state index in [4.69, 9.17) is 10.5 Å². The second-order valence-electron chi connectivity index (χ2n) is 4.59. The first kappa shape index (κ1) is 11.7. The summed E-state index contributed by atoms with van der Waals surface area (Å²) in [7, 11) is 1.56. The van der Waals surface area contributed by atoms with Crippen molar-refractivity contribution in [2.45, 2.75) is 18.8 Å². The predicted octanol–water partition coefficient (Wildman–Crippen LogP) is 1.25. The number of nitrogens with two attached hydrogens (primary N) is 1. The maximum atomic E-state index is 11.2. The zero-order chi connectivity index (χ0) is 13.4. The maximum Gasteiger partial charge on any atom is 0.267 e. The minimum atomic E-state index is -0.563. The fraction of sp³-hybridized carbons (Fsp3) is 0.308. The molecule has 1 amide bonds. The van der Waals surface area contributed by atoms with Crippen molar-refractivity contribution in [3.63, 3.8) is 0 Å². The van der Waals surface area contributed by atoms with Gasteiger partial charge >= 0.3 is 0 Å². The Bertz CT molecular complexity index is 631. The molecule has 2 aromatic heterocycles. The van der Waals surface area contributed by atoms with Crippen LogP contribution in [0.5, 0.6) is 5.75 Å². The molecule has 1 fully saturated rings. The number of ether oxygens (including phenoxy) is 1. The molecule has 0 saturated heterocycles. The highest BCUT2D eigenvalue weighted by Gasteiger charge is 2.26. The van der Waals surface area contributed by atoms with Gasteiger partial charge in [0.15, 0.2) is 5.75 Å². The molecule has 2 heterocycles. The van der Waals surface area contributed by atoms with Gasteiger partial charge in [0.05, 0.1) is 31.0 Å². The minimum absolute atomic E-state index is 0.206. The molecule has 0 aromatic carbocycles. The molecule has 0 aliphatic heterocycles. The number of methoxy groups -OCH3 is 1. The van der Waals surface area contributed by atoms with Gasteiger partial charge in [0.1, 0.15) is 5.69 Å². The summed E-state index contributed by atoms with van der Waals surface area (Å²) >= 11 is 0. The second-order valence-corrected chi connectivity index (χ2v) is 4.59. The largest absolute Gasteiger partial charge is 0.493 e. The van der Waals surface area contributed by atoms with Crippen molar-refractivity contribution in [1.82, 2.24) is 14.5 Å². The van der Waals surface area contributed by atoms with E-state index in [1.165, 1.54) is 19.0 Å². The number of primary amides is 1. The summed E-state index contributed by atoms with van der Waals surface area (Å²) < 4.78 is 7.09. The molecular formula is C13H14N4O2. The van der Waals surface area contributed by atoms with E-state index in [9.17, 15) is 4.79 Å². The lowest BCUT2D eigenvalue weighted by molar-refractivity contribution is 0.0995. The van der Waals surface area contributed by atoms with E-state index in [0.717, 1.165) is 5.69 Å². The van der Waals surface area contributed by atoms with Crippen LogP contribution in [0.2, 0.25) is 0 Å². The molecule has 0 spiro atoms. The lowest BCUT2D eigenvalue weighted by atomic mass is 10.2. The van der Waals surface area contributed by atoms with Crippen LogP contribution in [0.25, 0.3) is 5.69 Å². The van der Waals surface area contributed by atoms with Crippen LogP contribution in [0.1, 0.15) is 34.9 Å². The summed E-state index contributed by atoms with van der Waals surface area (Å²) in [4.78, 5) is 19.5. The molecule has 2 aromatic rings. The van der Waals surface area contributed by atoms with E-state index < -0.39 is 5.91 Å². The Hall–Kier alpha value is -2.37. The van der Waals surface area contributed by atoms with Gasteiger partial charge < -0.3 is 15.0 Å². The Labute approximate surface area is 110 Å². The Morgan fingerprint density at radius 3 is 2.89 bits per heavy atom. The summed E-state index contributed by atoms with van der Waals surface area (Å²) in [5.74, 6) is 0.584. The van der Waals surface area contributed by atoms with Crippen LogP contribution >= 0.6 is 0 Å². The fourth-order valence-corrected chi connectivity index (χ4v) is 1.99. The van der Waals surface area contributed by atoms with E-state index in [0.29, 0.717) is 17.4 Å². The quantitative estimate of drug-likeness (QED) is 0.894. The summed E-state index contributed by atoms with van der Waals surface area (Å²) in [5, 5.41) is 0. The Balaban J connectivity index is 2.04. The Morgan fingerprint density at radius 1 is 1.47 bits per heavy atom. The summed E-state index contributed by atoms with van der Waals surface area (Å²) in [6.07, 6.45) is 7.55. The number of amides is 1. The van der Waals surface area contributed by atoms with Crippen LogP contribution < -0.4 is 10.5 Å². The average Bonchev–Trinajstić information content (AvgIpc) is 3.16. The highest BCUT2D eigenvalue weighted by Crippen LogP contribution is 2.39. The number of carbonyl (C=O) groups is 1. The van der Waals surface area contributed by atoms with Crippen LogP contribution in [0.4, 0.5) is 0 Å². The monoisotopic (exact) mass is 258 g/mol. The third kappa shape index (κ3) is 2.16. The first-order chi connectivity index (χ1) is 9.19. The molecule has 2 N–H and O–H groups in total. The van der Waals surface area contributed by atoms with Crippen LogP contribution in [-0.2, 0) is 0 Å². The first-order valence-corrected chi connectivity index (χ1v) is 6.07. The Kier molecular flexibility index (Phi) is 2.70. The van der Waals surface area contributed by atoms with Crippen molar-refractivity contribution in [3.8, 4) is 11.4 Å². The van der Waals surface area contributed by atoms with Crippen molar-refractivity contribution in [2.24, 2.45) is 5.73 Å². The number of nitrogens with zero attached hydrogens (tertiary/aromatic N) is 3. The van der Waals surface area contributed by atoms with Crippen LogP contribution in [-0.4, -0.2) is 27.6 Å². The zero-order valence-corrected chi connectivity index (χ0v) is 10.5. The standard InChI is InChI=1S/C13H14N4O2/c1-19-12-5-15-9(13(14)18)4-11(12)17-6-10(16-7-17)8-2-3-8/h4-8H,2-3H2,1H3,(H2,14,18). The second kappa shape index (κ2) is 4.38. The molecule has 3 rings (SSSR count). The number of hydrogen-bond acceptors (Lipinski definition) is 4. The third-order valence-corrected chi connectivity index (χ3v) is 3.20. The van der Waals surface area contributed by atoms with Crippen molar-refractivity contribution in [2.75, 3.05) is 7.11 Å². The minimum Gasteiger partial charge on any atom is -0.493 e. The molecule has 0 atom stereocenters. The van der Waals surface area contributed by atoms with Crippen molar-refractivity contribution >= 4 is 5.91 Å². The highest BCUT2D eigenvalue weighted by molar-refractivity contribution is 5.91. The summed E-state index contributed by atoms with van der Waals surface area (Å²) in [5.41, 5.74) is 7.24. The lowest BCUT2D eigenvalue weighted by Crippen LogP contribution is -2.13. The van der Waals surface area contributed by atoms with E-state index in [1.807, 2.05) is 10.8 Å². The smallest absolute Gasteiger partial charge is 0.267 e. The van der Waals surface area contributed by atoms with Crippen molar-refractivity contribution in [3.05, 3.63) is 36.2 Å². The molecule has 0 radical (unpaired) electrons. The molecule has 1 saturated carbocycles. The van der Waals surface area contributed by atoms with E-state index in [-0.39, 0.29) is 5.69 Å². The summed E-state index contributed by atoms with van der Waals surface area (Å²) in [6.45, 7) is 0. The number of aromatic nitrogens is 3. The Morgan fingerprint density at radius 2 is 2.26 bits per heavy atom. The van der Waals surface area contributed by atoms with Gasteiger partial charge in [0.25, 0.3) is 5.91 Å². The van der Waals surface area contributed by atoms with Crippen LogP contribution in [0.3, 0.4) is 0 Å². The van der Waals surface area contributed by atoms with E-state index in [1.54, 1.807) is 19.5 Å². The molecule has 0 unspecified atom stereocenters. The van der Waals surface area contributed by atoms with Crippen LogP contribution in [0, 0.1) is 0 Å². The van der Waals surface area contributed by atoms with E-state index >= 15 is 0 Å². The van der Waals surface area contributed by atoms with Gasteiger partial charge in [-0.1, -0.05) is 0 Å². The topological polar surface area (TPSA) is 83.0 Å². The molecule has 1 aliphatic carbocycles. The molecule has 98 valence electrons. The fourth-order valence-electron chi connectivity index (χ4n) is 1.99. The van der Waals surface area contributed by atoms with Gasteiger partial charge in [-0.2, -0.15) is 0 Å². The lowest BCUT2D eigenvalue weighted by Gasteiger charge is -2.09. The van der Waals surface area contributed by atoms with Crippen molar-refractivity contribution in [1.29, 1.82) is 0 Å². The van der Waals surface area contributed by atoms with Gasteiger partial charge in [-0.05, 0) is 18.9 Å². The maximum absolute atomic E-state index is 11.2. The van der Waals surface area contributed by atoms with Gasteiger partial charge in [0, 0.05) is 12.1 Å². The van der Waals surface area contributed by atoms with Gasteiger partial charge in [0.2, 0.25) is 0 Å². The predicted molar refractivity (Wildman–Crippen MR) is 68.4 cm³/mol. The molecule has 19 heavy (non-hydrogen) atoms. The zero-order valence-electron chi connectivity index (χ0n) is 10.5. The first-order valence-electron chi connectivity index (χ1n) is 6.07. The molecular weight excluding hydrogens is 244 g/mol. The molecule has 6 heteroatoms. The number of hydrogen-bond donors (Lipinski definition) is 1. The molecule has 1 aliphatic rings. The molecule has 6 nitrogen and oxygen atoms in total. The number of pyridine rings is 1. The number of imidazole rings is 1. The van der Waals surface area contributed by atoms with Gasteiger partial charge in [-0.3, -0.25) is 4.79 Å². The van der Waals surface area contributed by atoms with Crippen LogP contribution in [0.15, 0.2) is 24.8 Å². The molecule has 0 bridgehead atoms. The average molecular weight is 258 g/mol. The SMILES string of the molecule is COc1cnc(C(N)=O)cc1-n1cnc(C2CC2)c1. The number of carbonyl (C=O) groups excluding carboxylic acids is 1. The highest BCUT2D eigenvalue weighted by atomic mass is 16.5. The van der Waals surface area contributed by atoms with Gasteiger partial charge in [-0.15, -0.1) is 0 Å². The van der Waals surface area contributed by atoms with E-state index in [2.05, 4.69) is 9.97 Å².